The molecule has 0 radical (unpaired) electrons. The maximum absolute atomic E-state index is 12.6. The van der Waals surface area contributed by atoms with Crippen molar-refractivity contribution in [2.24, 2.45) is 0 Å². The molecular formula is C20H14F3N3O7. The number of imide groups is 1. The molecule has 0 bridgehead atoms. The highest BCUT2D eigenvalue weighted by Gasteiger charge is 2.42. The van der Waals surface area contributed by atoms with Crippen LogP contribution in [0.3, 0.4) is 0 Å². The molecule has 1 N–H and O–H groups in total. The van der Waals surface area contributed by atoms with Crippen molar-refractivity contribution in [2.45, 2.75) is 19.2 Å². The normalized spacial score (nSPS) is 14.0. The van der Waals surface area contributed by atoms with Crippen LogP contribution in [0.15, 0.2) is 42.5 Å². The summed E-state index contributed by atoms with van der Waals surface area (Å²) in [6.07, 6.45) is -5.97. The number of hydrogen-bond donors (Lipinski definition) is 1. The predicted octanol–water partition coefficient (Wildman–Crippen LogP) is 2.78. The quantitative estimate of drug-likeness (QED) is 0.300. The monoisotopic (exact) mass is 465 g/mol. The minimum absolute atomic E-state index is 0.0172. The van der Waals surface area contributed by atoms with Gasteiger partial charge in [-0.25, -0.2) is 0 Å². The molecule has 0 saturated carbocycles. The third-order valence-electron chi connectivity index (χ3n) is 4.62. The molecule has 1 atom stereocenters. The first-order valence-corrected chi connectivity index (χ1v) is 9.21. The number of fused-ring (bicyclic) bond motifs is 1. The summed E-state index contributed by atoms with van der Waals surface area (Å²) in [5.41, 5.74) is -2.18. The van der Waals surface area contributed by atoms with Gasteiger partial charge in [-0.1, -0.05) is 6.07 Å². The number of anilines is 1. The zero-order valence-corrected chi connectivity index (χ0v) is 16.7. The highest BCUT2D eigenvalue weighted by molar-refractivity contribution is 6.24. The van der Waals surface area contributed by atoms with Gasteiger partial charge >= 0.3 is 12.1 Å². The molecule has 0 saturated heterocycles. The molecule has 0 aromatic heterocycles. The third-order valence-corrected chi connectivity index (χ3v) is 4.62. The maximum Gasteiger partial charge on any atom is 0.416 e. The van der Waals surface area contributed by atoms with Crippen molar-refractivity contribution in [3.05, 3.63) is 69.3 Å². The van der Waals surface area contributed by atoms with Crippen molar-refractivity contribution in [1.29, 1.82) is 0 Å². The molecule has 13 heteroatoms. The Morgan fingerprint density at radius 3 is 2.33 bits per heavy atom. The maximum atomic E-state index is 12.6. The number of halogens is 3. The van der Waals surface area contributed by atoms with Gasteiger partial charge in [0, 0.05) is 11.8 Å². The van der Waals surface area contributed by atoms with Crippen LogP contribution in [0, 0.1) is 10.1 Å². The van der Waals surface area contributed by atoms with Crippen LogP contribution < -0.4 is 5.32 Å². The number of carbonyl (C=O) groups excluding carboxylic acids is 4. The van der Waals surface area contributed by atoms with E-state index in [1.54, 1.807) is 0 Å². The fourth-order valence-corrected chi connectivity index (χ4v) is 3.01. The first-order valence-electron chi connectivity index (χ1n) is 9.21. The number of rotatable bonds is 6. The van der Waals surface area contributed by atoms with Crippen LogP contribution in [0.1, 0.15) is 33.2 Å². The number of nitro groups is 1. The van der Waals surface area contributed by atoms with E-state index in [-0.39, 0.29) is 11.3 Å². The number of esters is 1. The van der Waals surface area contributed by atoms with Gasteiger partial charge in [0.1, 0.15) is 12.1 Å². The molecule has 3 rings (SSSR count). The first-order chi connectivity index (χ1) is 15.4. The molecule has 0 fully saturated rings. The Kier molecular flexibility index (Phi) is 6.15. The number of alkyl halides is 3. The van der Waals surface area contributed by atoms with Gasteiger partial charge in [-0.05, 0) is 37.3 Å². The summed E-state index contributed by atoms with van der Waals surface area (Å²) in [5, 5.41) is 13.4. The minimum Gasteiger partial charge on any atom is -0.451 e. The highest BCUT2D eigenvalue weighted by atomic mass is 19.4. The molecular weight excluding hydrogens is 451 g/mol. The van der Waals surface area contributed by atoms with Gasteiger partial charge < -0.3 is 10.1 Å². The summed E-state index contributed by atoms with van der Waals surface area (Å²) in [5.74, 6) is -4.01. The Labute approximate surface area is 183 Å². The zero-order chi connectivity index (χ0) is 24.5. The lowest BCUT2D eigenvalue weighted by Crippen LogP contribution is -2.38. The van der Waals surface area contributed by atoms with Gasteiger partial charge in [-0.15, -0.1) is 0 Å². The summed E-state index contributed by atoms with van der Waals surface area (Å²) < 4.78 is 42.7. The SMILES string of the molecule is CC(OC(=O)CN1C(=O)c2cccc([N+](=O)[O-])c2C1=O)C(=O)Nc1ccc(C(F)(F)F)cc1. The van der Waals surface area contributed by atoms with Crippen molar-refractivity contribution in [3.63, 3.8) is 0 Å². The smallest absolute Gasteiger partial charge is 0.416 e. The first kappa shape index (κ1) is 23.4. The molecule has 2 aromatic carbocycles. The van der Waals surface area contributed by atoms with E-state index in [9.17, 15) is 42.5 Å². The molecule has 1 heterocycles. The Morgan fingerprint density at radius 1 is 1.12 bits per heavy atom. The van der Waals surface area contributed by atoms with E-state index in [0.29, 0.717) is 4.90 Å². The Balaban J connectivity index is 1.62. The van der Waals surface area contributed by atoms with E-state index >= 15 is 0 Å². The molecule has 172 valence electrons. The highest BCUT2D eigenvalue weighted by Crippen LogP contribution is 2.31. The third kappa shape index (κ3) is 4.81. The van der Waals surface area contributed by atoms with E-state index in [2.05, 4.69) is 5.32 Å². The summed E-state index contributed by atoms with van der Waals surface area (Å²) in [6.45, 7) is 0.270. The van der Waals surface area contributed by atoms with Gasteiger partial charge in [0.25, 0.3) is 23.4 Å². The lowest BCUT2D eigenvalue weighted by atomic mass is 10.1. The van der Waals surface area contributed by atoms with E-state index in [0.717, 1.165) is 30.3 Å². The Morgan fingerprint density at radius 2 is 1.76 bits per heavy atom. The number of ether oxygens (including phenoxy) is 1. The lowest BCUT2D eigenvalue weighted by Gasteiger charge is -2.17. The average Bonchev–Trinajstić information content (AvgIpc) is 2.98. The van der Waals surface area contributed by atoms with Crippen LogP contribution in [0.25, 0.3) is 0 Å². The number of carbonyl (C=O) groups is 4. The van der Waals surface area contributed by atoms with Crippen LogP contribution in [-0.2, 0) is 20.5 Å². The van der Waals surface area contributed by atoms with Gasteiger partial charge in [-0.3, -0.25) is 34.2 Å². The molecule has 33 heavy (non-hydrogen) atoms. The number of nitrogens with zero attached hydrogens (tertiary/aromatic N) is 2. The second-order valence-corrected chi connectivity index (χ2v) is 6.85. The summed E-state index contributed by atoms with van der Waals surface area (Å²) in [7, 11) is 0. The largest absolute Gasteiger partial charge is 0.451 e. The molecule has 1 unspecified atom stereocenters. The van der Waals surface area contributed by atoms with E-state index in [1.807, 2.05) is 0 Å². The number of hydrogen-bond acceptors (Lipinski definition) is 7. The minimum atomic E-state index is -4.55. The molecule has 1 aliphatic rings. The van der Waals surface area contributed by atoms with E-state index < -0.39 is 64.3 Å². The average molecular weight is 465 g/mol. The topological polar surface area (TPSA) is 136 Å². The van der Waals surface area contributed by atoms with Crippen LogP contribution in [-0.4, -0.2) is 46.2 Å². The van der Waals surface area contributed by atoms with Crippen LogP contribution in [0.5, 0.6) is 0 Å². The number of nitro benzene ring substituents is 1. The fourth-order valence-electron chi connectivity index (χ4n) is 3.01. The van der Waals surface area contributed by atoms with E-state index in [1.165, 1.54) is 19.1 Å². The Bertz CT molecular complexity index is 1160. The second kappa shape index (κ2) is 8.68. The van der Waals surface area contributed by atoms with Gasteiger partial charge in [0.2, 0.25) is 0 Å². The van der Waals surface area contributed by atoms with Crippen molar-refractivity contribution in [2.75, 3.05) is 11.9 Å². The Hall–Kier alpha value is -4.29. The van der Waals surface area contributed by atoms with Crippen LogP contribution in [0.4, 0.5) is 24.5 Å². The second-order valence-electron chi connectivity index (χ2n) is 6.85. The van der Waals surface area contributed by atoms with Crippen LogP contribution in [0.2, 0.25) is 0 Å². The molecule has 10 nitrogen and oxygen atoms in total. The molecule has 0 spiro atoms. The molecule has 0 aliphatic carbocycles. The molecule has 3 amide bonds. The van der Waals surface area contributed by atoms with Crippen molar-refractivity contribution < 1.29 is 42.0 Å². The van der Waals surface area contributed by atoms with Crippen molar-refractivity contribution in [1.82, 2.24) is 4.90 Å². The fraction of sp³-hybridized carbons (Fsp3) is 0.200. The molecule has 1 aliphatic heterocycles. The summed E-state index contributed by atoms with van der Waals surface area (Å²) in [6, 6.07) is 7.01. The van der Waals surface area contributed by atoms with E-state index in [4.69, 9.17) is 4.74 Å². The lowest BCUT2D eigenvalue weighted by molar-refractivity contribution is -0.385. The van der Waals surface area contributed by atoms with Crippen molar-refractivity contribution >= 4 is 35.1 Å². The van der Waals surface area contributed by atoms with Gasteiger partial charge in [0.15, 0.2) is 6.10 Å². The summed E-state index contributed by atoms with van der Waals surface area (Å²) in [4.78, 5) is 59.9. The zero-order valence-electron chi connectivity index (χ0n) is 16.7. The number of benzene rings is 2. The van der Waals surface area contributed by atoms with Gasteiger partial charge in [0.05, 0.1) is 16.1 Å². The van der Waals surface area contributed by atoms with Crippen molar-refractivity contribution in [3.8, 4) is 0 Å². The standard InChI is InChI=1S/C20H14F3N3O7/c1-10(17(28)24-12-7-5-11(6-8-12)20(21,22)23)33-15(27)9-25-18(29)13-3-2-4-14(26(31)32)16(13)19(25)30/h2-8,10H,9H2,1H3,(H,24,28). The summed E-state index contributed by atoms with van der Waals surface area (Å²) >= 11 is 0. The number of amides is 3. The number of nitrogens with one attached hydrogen (secondary N) is 1. The molecule has 2 aromatic rings. The predicted molar refractivity (Wildman–Crippen MR) is 104 cm³/mol. The van der Waals surface area contributed by atoms with Gasteiger partial charge in [-0.2, -0.15) is 13.2 Å². The van der Waals surface area contributed by atoms with Crippen LogP contribution >= 0.6 is 0 Å².